The van der Waals surface area contributed by atoms with Crippen molar-refractivity contribution in [2.24, 2.45) is 0 Å². The molecule has 30 heavy (non-hydrogen) atoms. The van der Waals surface area contributed by atoms with Crippen LogP contribution in [0.3, 0.4) is 0 Å². The van der Waals surface area contributed by atoms with E-state index < -0.39 is 25.9 Å². The van der Waals surface area contributed by atoms with Gasteiger partial charge in [0.1, 0.15) is 5.82 Å². The van der Waals surface area contributed by atoms with Gasteiger partial charge in [0.05, 0.1) is 21.2 Å². The van der Waals surface area contributed by atoms with Crippen LogP contribution in [0.4, 0.5) is 15.8 Å². The van der Waals surface area contributed by atoms with Gasteiger partial charge in [0, 0.05) is 0 Å². The van der Waals surface area contributed by atoms with Crippen molar-refractivity contribution in [1.82, 2.24) is 0 Å². The monoisotopic (exact) mass is 448 g/mol. The number of rotatable bonds is 7. The van der Waals surface area contributed by atoms with Gasteiger partial charge in [0.15, 0.2) is 0 Å². The first-order valence-corrected chi connectivity index (χ1v) is 12.1. The molecule has 158 valence electrons. The van der Waals surface area contributed by atoms with E-state index in [1.165, 1.54) is 48.5 Å². The number of anilines is 2. The van der Waals surface area contributed by atoms with E-state index in [1.807, 2.05) is 6.92 Å². The molecule has 6 nitrogen and oxygen atoms in total. The molecule has 3 aromatic rings. The van der Waals surface area contributed by atoms with E-state index in [1.54, 1.807) is 19.1 Å². The van der Waals surface area contributed by atoms with Crippen LogP contribution in [0.1, 0.15) is 18.1 Å². The lowest BCUT2D eigenvalue weighted by Crippen LogP contribution is -2.17. The van der Waals surface area contributed by atoms with Crippen molar-refractivity contribution >= 4 is 31.4 Å². The minimum absolute atomic E-state index is 0.0640. The SMILES string of the molecule is CCc1ccc(S(=O)(=O)Nc2ccc(C)c(S(=O)(=O)Nc3ccccc3F)c2)cc1. The quantitative estimate of drug-likeness (QED) is 0.564. The predicted octanol–water partition coefficient (Wildman–Crippen LogP) is 4.30. The van der Waals surface area contributed by atoms with Crippen molar-refractivity contribution in [3.05, 3.63) is 83.7 Å². The summed E-state index contributed by atoms with van der Waals surface area (Å²) in [6.07, 6.45) is 0.780. The Morgan fingerprint density at radius 3 is 2.13 bits per heavy atom. The Kier molecular flexibility index (Phi) is 6.14. The van der Waals surface area contributed by atoms with Gasteiger partial charge in [0.25, 0.3) is 20.0 Å². The molecule has 0 aliphatic heterocycles. The van der Waals surface area contributed by atoms with Gasteiger partial charge < -0.3 is 0 Å². The van der Waals surface area contributed by atoms with Crippen LogP contribution < -0.4 is 9.44 Å². The Morgan fingerprint density at radius 1 is 0.833 bits per heavy atom. The summed E-state index contributed by atoms with van der Waals surface area (Å²) in [7, 11) is -8.05. The van der Waals surface area contributed by atoms with Crippen molar-refractivity contribution in [3.8, 4) is 0 Å². The Balaban J connectivity index is 1.91. The van der Waals surface area contributed by atoms with E-state index in [0.29, 0.717) is 5.56 Å². The Morgan fingerprint density at radius 2 is 1.50 bits per heavy atom. The molecule has 0 aliphatic rings. The number of halogens is 1. The first-order chi connectivity index (χ1) is 14.1. The minimum Gasteiger partial charge on any atom is -0.280 e. The Bertz CT molecular complexity index is 1270. The van der Waals surface area contributed by atoms with Gasteiger partial charge in [-0.1, -0.05) is 37.3 Å². The van der Waals surface area contributed by atoms with Crippen LogP contribution in [0, 0.1) is 12.7 Å². The van der Waals surface area contributed by atoms with Gasteiger partial charge in [-0.25, -0.2) is 21.2 Å². The maximum Gasteiger partial charge on any atom is 0.262 e. The highest BCUT2D eigenvalue weighted by molar-refractivity contribution is 7.93. The molecule has 0 unspecified atom stereocenters. The molecule has 0 aromatic heterocycles. The van der Waals surface area contributed by atoms with Crippen molar-refractivity contribution < 1.29 is 21.2 Å². The summed E-state index contributed by atoms with van der Waals surface area (Å²) in [5, 5.41) is 0. The highest BCUT2D eigenvalue weighted by Gasteiger charge is 2.21. The highest BCUT2D eigenvalue weighted by Crippen LogP contribution is 2.25. The standard InChI is InChI=1S/C21H21FN2O4S2/c1-3-16-9-12-18(13-10-16)29(25,26)23-17-11-8-15(2)21(14-17)30(27,28)24-20-7-5-4-6-19(20)22/h4-14,23-24H,3H2,1-2H3. The zero-order valence-corrected chi connectivity index (χ0v) is 18.0. The number of nitrogens with one attached hydrogen (secondary N) is 2. The third-order valence-electron chi connectivity index (χ3n) is 4.49. The fourth-order valence-corrected chi connectivity index (χ4v) is 5.20. The van der Waals surface area contributed by atoms with Gasteiger partial charge in [0.2, 0.25) is 0 Å². The second kappa shape index (κ2) is 8.45. The molecule has 0 radical (unpaired) electrons. The molecular weight excluding hydrogens is 427 g/mol. The van der Waals surface area contributed by atoms with E-state index in [2.05, 4.69) is 9.44 Å². The maximum atomic E-state index is 13.9. The van der Waals surface area contributed by atoms with E-state index in [-0.39, 0.29) is 21.2 Å². The van der Waals surface area contributed by atoms with Gasteiger partial charge in [-0.3, -0.25) is 9.44 Å². The Labute approximate surface area is 175 Å². The summed E-state index contributed by atoms with van der Waals surface area (Å²) in [6, 6.07) is 16.0. The van der Waals surface area contributed by atoms with Crippen LogP contribution in [0.25, 0.3) is 0 Å². The molecule has 0 saturated heterocycles. The van der Waals surface area contributed by atoms with Crippen LogP contribution in [0.2, 0.25) is 0 Å². The summed E-state index contributed by atoms with van der Waals surface area (Å²) >= 11 is 0. The van der Waals surface area contributed by atoms with E-state index in [4.69, 9.17) is 0 Å². The summed E-state index contributed by atoms with van der Waals surface area (Å²) in [4.78, 5) is -0.0959. The minimum atomic E-state index is -4.14. The number of hydrogen-bond acceptors (Lipinski definition) is 4. The smallest absolute Gasteiger partial charge is 0.262 e. The van der Waals surface area contributed by atoms with Crippen LogP contribution >= 0.6 is 0 Å². The van der Waals surface area contributed by atoms with Crippen molar-refractivity contribution in [2.45, 2.75) is 30.1 Å². The summed E-state index contributed by atoms with van der Waals surface area (Å²) in [6.45, 7) is 3.53. The predicted molar refractivity (Wildman–Crippen MR) is 115 cm³/mol. The molecule has 0 bridgehead atoms. The van der Waals surface area contributed by atoms with Gasteiger partial charge in [-0.15, -0.1) is 0 Å². The fraction of sp³-hybridized carbons (Fsp3) is 0.143. The lowest BCUT2D eigenvalue weighted by atomic mass is 10.2. The summed E-state index contributed by atoms with van der Waals surface area (Å²) < 4.78 is 69.3. The maximum absolute atomic E-state index is 13.9. The fourth-order valence-electron chi connectivity index (χ4n) is 2.82. The topological polar surface area (TPSA) is 92.3 Å². The van der Waals surface area contributed by atoms with Crippen LogP contribution in [-0.4, -0.2) is 16.8 Å². The average molecular weight is 449 g/mol. The molecular formula is C21H21FN2O4S2. The molecule has 3 aromatic carbocycles. The molecule has 0 heterocycles. The van der Waals surface area contributed by atoms with Crippen molar-refractivity contribution in [3.63, 3.8) is 0 Å². The molecule has 0 spiro atoms. The largest absolute Gasteiger partial charge is 0.280 e. The highest BCUT2D eigenvalue weighted by atomic mass is 32.2. The molecule has 3 rings (SSSR count). The molecule has 0 amide bonds. The Hall–Kier alpha value is -2.91. The average Bonchev–Trinajstić information content (AvgIpc) is 2.71. The molecule has 9 heteroatoms. The third kappa shape index (κ3) is 4.80. The number of aryl methyl sites for hydroxylation is 2. The molecule has 0 aliphatic carbocycles. The first-order valence-electron chi connectivity index (χ1n) is 9.12. The van der Waals surface area contributed by atoms with E-state index in [0.717, 1.165) is 18.1 Å². The van der Waals surface area contributed by atoms with Gasteiger partial charge >= 0.3 is 0 Å². The lowest BCUT2D eigenvalue weighted by molar-refractivity contribution is 0.596. The number of benzene rings is 3. The normalized spacial score (nSPS) is 11.8. The van der Waals surface area contributed by atoms with Gasteiger partial charge in [-0.2, -0.15) is 0 Å². The van der Waals surface area contributed by atoms with Crippen LogP contribution in [0.15, 0.2) is 76.5 Å². The second-order valence-corrected chi connectivity index (χ2v) is 10.0. The van der Waals surface area contributed by atoms with E-state index in [9.17, 15) is 21.2 Å². The number of para-hydroxylation sites is 1. The number of sulfonamides is 2. The van der Waals surface area contributed by atoms with Gasteiger partial charge in [-0.05, 0) is 60.9 Å². The van der Waals surface area contributed by atoms with Crippen LogP contribution in [0.5, 0.6) is 0 Å². The summed E-state index contributed by atoms with van der Waals surface area (Å²) in [5.41, 5.74) is 1.26. The second-order valence-electron chi connectivity index (χ2n) is 6.67. The summed E-state index contributed by atoms with van der Waals surface area (Å²) in [5.74, 6) is -0.717. The first kappa shape index (κ1) is 21.8. The van der Waals surface area contributed by atoms with Crippen molar-refractivity contribution in [1.29, 1.82) is 0 Å². The van der Waals surface area contributed by atoms with Crippen LogP contribution in [-0.2, 0) is 26.5 Å². The zero-order valence-electron chi connectivity index (χ0n) is 16.4. The van der Waals surface area contributed by atoms with Crippen molar-refractivity contribution in [2.75, 3.05) is 9.44 Å². The zero-order chi connectivity index (χ0) is 21.9. The van der Waals surface area contributed by atoms with E-state index >= 15 is 0 Å². The molecule has 0 atom stereocenters. The number of hydrogen-bond donors (Lipinski definition) is 2. The molecule has 0 fully saturated rings. The lowest BCUT2D eigenvalue weighted by Gasteiger charge is -2.14. The molecule has 2 N–H and O–H groups in total. The molecule has 0 saturated carbocycles. The third-order valence-corrected chi connectivity index (χ3v) is 7.39.